The predicted octanol–water partition coefficient (Wildman–Crippen LogP) is -0.635. The van der Waals surface area contributed by atoms with Crippen molar-refractivity contribution in [3.05, 3.63) is 22.0 Å². The molecule has 1 aromatic rings. The molecule has 0 aliphatic carbocycles. The summed E-state index contributed by atoms with van der Waals surface area (Å²) in [4.78, 5) is 11.2. The summed E-state index contributed by atoms with van der Waals surface area (Å²) in [5.74, 6) is -1.64. The van der Waals surface area contributed by atoms with Gasteiger partial charge in [0.2, 0.25) is 0 Å². The summed E-state index contributed by atoms with van der Waals surface area (Å²) >= 11 is 0. The van der Waals surface area contributed by atoms with Gasteiger partial charge in [0, 0.05) is 18.9 Å². The molecule has 0 fully saturated rings. The Bertz CT molecular complexity index is 758. The topological polar surface area (TPSA) is 131 Å². The molecular formula is C9H13NO7S2. The molecule has 0 amide bonds. The van der Waals surface area contributed by atoms with Gasteiger partial charge in [-0.2, -0.15) is 8.42 Å². The second kappa shape index (κ2) is 4.94. The maximum atomic E-state index is 11.9. The first-order valence-electron chi connectivity index (χ1n) is 5.08. The monoisotopic (exact) mass is 311 g/mol. The first kappa shape index (κ1) is 15.7. The van der Waals surface area contributed by atoms with E-state index in [0.717, 1.165) is 16.9 Å². The Labute approximate surface area is 110 Å². The Morgan fingerprint density at radius 3 is 2.16 bits per heavy atom. The molecule has 1 aromatic heterocycles. The lowest BCUT2D eigenvalue weighted by molar-refractivity contribution is 0.407. The fraction of sp³-hybridized carbons (Fsp3) is 0.444. The minimum Gasteiger partial charge on any atom is -0.494 e. The molecule has 1 rings (SSSR count). The third-order valence-electron chi connectivity index (χ3n) is 2.34. The van der Waals surface area contributed by atoms with Gasteiger partial charge >= 0.3 is 0 Å². The van der Waals surface area contributed by atoms with Crippen LogP contribution in [0.25, 0.3) is 0 Å². The van der Waals surface area contributed by atoms with Crippen LogP contribution in [0.4, 0.5) is 0 Å². The van der Waals surface area contributed by atoms with Crippen LogP contribution in [0, 0.1) is 0 Å². The van der Waals surface area contributed by atoms with Crippen molar-refractivity contribution in [2.24, 2.45) is 0 Å². The van der Waals surface area contributed by atoms with Crippen molar-refractivity contribution in [3.63, 3.8) is 0 Å². The quantitative estimate of drug-likeness (QED) is 0.707. The van der Waals surface area contributed by atoms with Gasteiger partial charge in [-0.1, -0.05) is 0 Å². The fourth-order valence-electron chi connectivity index (χ4n) is 1.67. The number of hydrogen-bond donors (Lipinski definition) is 2. The molecule has 0 atom stereocenters. The van der Waals surface area contributed by atoms with Gasteiger partial charge in [0.25, 0.3) is 15.7 Å². The third-order valence-corrected chi connectivity index (χ3v) is 4.19. The zero-order valence-corrected chi connectivity index (χ0v) is 11.8. The van der Waals surface area contributed by atoms with Gasteiger partial charge in [0.05, 0.1) is 0 Å². The summed E-state index contributed by atoms with van der Waals surface area (Å²) in [5.41, 5.74) is -1.49. The van der Waals surface area contributed by atoms with Crippen molar-refractivity contribution in [1.82, 2.24) is 4.57 Å². The van der Waals surface area contributed by atoms with E-state index in [1.165, 1.54) is 6.92 Å². The second-order valence-corrected chi connectivity index (χ2v) is 7.31. The van der Waals surface area contributed by atoms with Crippen LogP contribution < -0.4 is 5.56 Å². The summed E-state index contributed by atoms with van der Waals surface area (Å²) < 4.78 is 54.3. The molecule has 1 heterocycles. The molecule has 0 saturated heterocycles. The molecule has 0 aliphatic heterocycles. The van der Waals surface area contributed by atoms with Crippen molar-refractivity contribution in [2.45, 2.75) is 24.1 Å². The standard InChI is InChI=1S/C9H13NO7S2/c1-3-10-7(11)4-6(5-19(15,16)17)8(9(10)12)18(2,13)14/h4,11H,3,5H2,1-2H3,(H,15,16,17). The van der Waals surface area contributed by atoms with Crippen LogP contribution in [0.15, 0.2) is 15.8 Å². The largest absolute Gasteiger partial charge is 0.494 e. The average molecular weight is 311 g/mol. The minimum atomic E-state index is -4.54. The van der Waals surface area contributed by atoms with Gasteiger partial charge in [-0.25, -0.2) is 8.42 Å². The van der Waals surface area contributed by atoms with Crippen molar-refractivity contribution in [1.29, 1.82) is 0 Å². The zero-order valence-electron chi connectivity index (χ0n) is 10.2. The van der Waals surface area contributed by atoms with Crippen molar-refractivity contribution in [3.8, 4) is 5.88 Å². The highest BCUT2D eigenvalue weighted by molar-refractivity contribution is 7.90. The van der Waals surface area contributed by atoms with E-state index in [2.05, 4.69) is 0 Å². The van der Waals surface area contributed by atoms with E-state index in [1.54, 1.807) is 0 Å². The molecule has 2 N–H and O–H groups in total. The van der Waals surface area contributed by atoms with E-state index in [0.29, 0.717) is 0 Å². The van der Waals surface area contributed by atoms with Crippen LogP contribution in [0.3, 0.4) is 0 Å². The van der Waals surface area contributed by atoms with E-state index in [-0.39, 0.29) is 6.54 Å². The molecular weight excluding hydrogens is 298 g/mol. The lowest BCUT2D eigenvalue weighted by atomic mass is 10.3. The van der Waals surface area contributed by atoms with Gasteiger partial charge in [0.15, 0.2) is 15.7 Å². The highest BCUT2D eigenvalue weighted by Gasteiger charge is 2.24. The Balaban J connectivity index is 3.79. The van der Waals surface area contributed by atoms with Crippen LogP contribution in [0.1, 0.15) is 12.5 Å². The summed E-state index contributed by atoms with van der Waals surface area (Å²) in [6.07, 6.45) is 0.744. The zero-order chi connectivity index (χ0) is 15.0. The molecule has 0 aliphatic rings. The second-order valence-electron chi connectivity index (χ2n) is 3.90. The molecule has 0 radical (unpaired) electrons. The maximum absolute atomic E-state index is 11.9. The number of aromatic hydroxyl groups is 1. The maximum Gasteiger partial charge on any atom is 0.272 e. The molecule has 0 unspecified atom stereocenters. The molecule has 10 heteroatoms. The number of nitrogens with zero attached hydrogens (tertiary/aromatic N) is 1. The first-order chi connectivity index (χ1) is 8.47. The van der Waals surface area contributed by atoms with Crippen LogP contribution in [0.2, 0.25) is 0 Å². The predicted molar refractivity (Wildman–Crippen MR) is 66.4 cm³/mol. The molecule has 108 valence electrons. The first-order valence-corrected chi connectivity index (χ1v) is 8.58. The Hall–Kier alpha value is -1.39. The normalized spacial score (nSPS) is 12.6. The van der Waals surface area contributed by atoms with Gasteiger partial charge < -0.3 is 5.11 Å². The number of hydrogen-bond acceptors (Lipinski definition) is 6. The third kappa shape index (κ3) is 3.55. The number of rotatable bonds is 4. The van der Waals surface area contributed by atoms with Crippen LogP contribution in [0.5, 0.6) is 5.88 Å². The highest BCUT2D eigenvalue weighted by Crippen LogP contribution is 2.19. The highest BCUT2D eigenvalue weighted by atomic mass is 32.2. The molecule has 8 nitrogen and oxygen atoms in total. The van der Waals surface area contributed by atoms with Gasteiger partial charge in [-0.3, -0.25) is 13.9 Å². The summed E-state index contributed by atoms with van der Waals surface area (Å²) in [6, 6.07) is 0.842. The Kier molecular flexibility index (Phi) is 4.08. The van der Waals surface area contributed by atoms with Crippen molar-refractivity contribution < 1.29 is 26.5 Å². The lowest BCUT2D eigenvalue weighted by Gasteiger charge is -2.11. The molecule has 19 heavy (non-hydrogen) atoms. The summed E-state index contributed by atoms with van der Waals surface area (Å²) in [6.45, 7) is 1.52. The molecule has 0 bridgehead atoms. The van der Waals surface area contributed by atoms with E-state index in [1.807, 2.05) is 0 Å². The smallest absolute Gasteiger partial charge is 0.272 e. The SMILES string of the molecule is CCn1c(O)cc(CS(=O)(=O)O)c(S(C)(=O)=O)c1=O. The molecule has 0 aromatic carbocycles. The van der Waals surface area contributed by atoms with Gasteiger partial charge in [-0.15, -0.1) is 0 Å². The van der Waals surface area contributed by atoms with Gasteiger partial charge in [0.1, 0.15) is 10.6 Å². The minimum absolute atomic E-state index is 0.0132. The fourth-order valence-corrected chi connectivity index (χ4v) is 3.42. The van der Waals surface area contributed by atoms with Crippen molar-refractivity contribution in [2.75, 3.05) is 6.26 Å². The van der Waals surface area contributed by atoms with E-state index in [4.69, 9.17) is 4.55 Å². The van der Waals surface area contributed by atoms with E-state index < -0.39 is 47.6 Å². The van der Waals surface area contributed by atoms with Gasteiger partial charge in [-0.05, 0) is 12.5 Å². The Morgan fingerprint density at radius 1 is 1.26 bits per heavy atom. The molecule has 0 saturated carbocycles. The number of pyridine rings is 1. The number of aromatic nitrogens is 1. The van der Waals surface area contributed by atoms with Crippen LogP contribution in [-0.2, 0) is 32.3 Å². The summed E-state index contributed by atoms with van der Waals surface area (Å²) in [7, 11) is -8.54. The van der Waals surface area contributed by atoms with E-state index >= 15 is 0 Å². The van der Waals surface area contributed by atoms with E-state index in [9.17, 15) is 26.7 Å². The van der Waals surface area contributed by atoms with Crippen molar-refractivity contribution >= 4 is 20.0 Å². The van der Waals surface area contributed by atoms with Crippen LogP contribution >= 0.6 is 0 Å². The lowest BCUT2D eigenvalue weighted by Crippen LogP contribution is -2.27. The van der Waals surface area contributed by atoms with Crippen LogP contribution in [-0.4, -0.2) is 37.3 Å². The number of sulfone groups is 1. The average Bonchev–Trinajstić information content (AvgIpc) is 2.11. The Morgan fingerprint density at radius 2 is 1.79 bits per heavy atom. The molecule has 0 spiro atoms. The summed E-state index contributed by atoms with van der Waals surface area (Å²) in [5, 5.41) is 9.55.